The summed E-state index contributed by atoms with van der Waals surface area (Å²) >= 11 is 3.45. The van der Waals surface area contributed by atoms with Crippen molar-refractivity contribution in [2.24, 2.45) is 0 Å². The summed E-state index contributed by atoms with van der Waals surface area (Å²) in [5, 5.41) is 12.3. The number of amides is 1. The van der Waals surface area contributed by atoms with Crippen molar-refractivity contribution >= 4 is 32.6 Å². The van der Waals surface area contributed by atoms with E-state index in [1.807, 2.05) is 36.4 Å². The minimum atomic E-state index is -0.768. The van der Waals surface area contributed by atoms with Crippen LogP contribution in [0.5, 0.6) is 0 Å². The van der Waals surface area contributed by atoms with Crippen molar-refractivity contribution in [3.05, 3.63) is 46.4 Å². The maximum Gasteiger partial charge on any atom is 0.253 e. The van der Waals surface area contributed by atoms with Gasteiger partial charge < -0.3 is 10.0 Å². The van der Waals surface area contributed by atoms with Gasteiger partial charge in [0, 0.05) is 23.1 Å². The third-order valence-corrected chi connectivity index (χ3v) is 4.50. The number of hydrogen-bond acceptors (Lipinski definition) is 2. The maximum absolute atomic E-state index is 12.6. The maximum atomic E-state index is 12.6. The normalized spacial score (nSPS) is 22.5. The van der Waals surface area contributed by atoms with E-state index in [1.54, 1.807) is 11.8 Å². The number of hydrogen-bond donors (Lipinski definition) is 1. The van der Waals surface area contributed by atoms with Crippen molar-refractivity contribution in [2.45, 2.75) is 25.4 Å². The van der Waals surface area contributed by atoms with Crippen molar-refractivity contribution in [1.29, 1.82) is 0 Å². The number of benzene rings is 2. The van der Waals surface area contributed by atoms with Crippen molar-refractivity contribution in [1.82, 2.24) is 4.90 Å². The summed E-state index contributed by atoms with van der Waals surface area (Å²) in [5.41, 5.74) is -0.0853. The Morgan fingerprint density at radius 1 is 1.24 bits per heavy atom. The predicted octanol–water partition coefficient (Wildman–Crippen LogP) is 3.59. The van der Waals surface area contributed by atoms with E-state index in [1.165, 1.54) is 0 Å². The van der Waals surface area contributed by atoms with Crippen molar-refractivity contribution < 1.29 is 9.90 Å². The first kappa shape index (κ1) is 14.5. The summed E-state index contributed by atoms with van der Waals surface area (Å²) in [7, 11) is 0. The third-order valence-electron chi connectivity index (χ3n) is 4.01. The van der Waals surface area contributed by atoms with E-state index in [-0.39, 0.29) is 5.91 Å². The molecule has 1 heterocycles. The van der Waals surface area contributed by atoms with Gasteiger partial charge in [-0.05, 0) is 54.8 Å². The van der Waals surface area contributed by atoms with Gasteiger partial charge >= 0.3 is 0 Å². The largest absolute Gasteiger partial charge is 0.388 e. The van der Waals surface area contributed by atoms with Gasteiger partial charge in [0.2, 0.25) is 0 Å². The average molecular weight is 348 g/mol. The first-order valence-electron chi connectivity index (χ1n) is 7.16. The highest BCUT2D eigenvalue weighted by atomic mass is 79.9. The Labute approximate surface area is 132 Å². The fraction of sp³-hybridized carbons (Fsp3) is 0.353. The molecule has 0 saturated carbocycles. The standard InChI is InChI=1S/C17H18BrNO2/c1-17(21)7-2-8-19(11-17)16(20)14-4-3-13-10-15(18)6-5-12(13)9-14/h3-6,9-10,21H,2,7-8,11H2,1H3. The van der Waals surface area contributed by atoms with Crippen LogP contribution in [-0.4, -0.2) is 34.6 Å². The molecule has 0 spiro atoms. The Balaban J connectivity index is 1.89. The molecule has 4 heteroatoms. The Kier molecular flexibility index (Phi) is 3.76. The van der Waals surface area contributed by atoms with Gasteiger partial charge in [-0.1, -0.05) is 28.1 Å². The highest BCUT2D eigenvalue weighted by molar-refractivity contribution is 9.10. The monoisotopic (exact) mass is 347 g/mol. The van der Waals surface area contributed by atoms with Crippen LogP contribution in [0.2, 0.25) is 0 Å². The Hall–Kier alpha value is -1.39. The van der Waals surface area contributed by atoms with Gasteiger partial charge in [-0.2, -0.15) is 0 Å². The number of nitrogens with zero attached hydrogens (tertiary/aromatic N) is 1. The van der Waals surface area contributed by atoms with E-state index in [4.69, 9.17) is 0 Å². The van der Waals surface area contributed by atoms with E-state index in [0.29, 0.717) is 18.7 Å². The van der Waals surface area contributed by atoms with E-state index in [0.717, 1.165) is 28.1 Å². The second-order valence-corrected chi connectivity index (χ2v) is 6.95. The van der Waals surface area contributed by atoms with Crippen LogP contribution in [0.3, 0.4) is 0 Å². The summed E-state index contributed by atoms with van der Waals surface area (Å²) in [6.45, 7) is 2.92. The average Bonchev–Trinajstić information content (AvgIpc) is 2.45. The fourth-order valence-corrected chi connectivity index (χ4v) is 3.30. The van der Waals surface area contributed by atoms with E-state index in [9.17, 15) is 9.90 Å². The predicted molar refractivity (Wildman–Crippen MR) is 87.4 cm³/mol. The molecule has 1 saturated heterocycles. The van der Waals surface area contributed by atoms with Crippen LogP contribution >= 0.6 is 15.9 Å². The highest BCUT2D eigenvalue weighted by Crippen LogP contribution is 2.24. The third kappa shape index (κ3) is 3.11. The first-order chi connectivity index (χ1) is 9.94. The molecular weight excluding hydrogens is 330 g/mol. The Bertz CT molecular complexity index is 696. The SMILES string of the molecule is CC1(O)CCCN(C(=O)c2ccc3cc(Br)ccc3c2)C1. The van der Waals surface area contributed by atoms with Crippen LogP contribution in [0.1, 0.15) is 30.1 Å². The van der Waals surface area contributed by atoms with Gasteiger partial charge in [0.15, 0.2) is 0 Å². The van der Waals surface area contributed by atoms with Crippen LogP contribution in [0.15, 0.2) is 40.9 Å². The van der Waals surface area contributed by atoms with Crippen LogP contribution in [0, 0.1) is 0 Å². The summed E-state index contributed by atoms with van der Waals surface area (Å²) < 4.78 is 1.03. The van der Waals surface area contributed by atoms with E-state index < -0.39 is 5.60 Å². The number of fused-ring (bicyclic) bond motifs is 1. The lowest BCUT2D eigenvalue weighted by molar-refractivity contribution is -0.0107. The van der Waals surface area contributed by atoms with Crippen LogP contribution in [0.4, 0.5) is 0 Å². The quantitative estimate of drug-likeness (QED) is 0.856. The summed E-state index contributed by atoms with van der Waals surface area (Å²) in [6, 6.07) is 11.8. The number of carbonyl (C=O) groups excluding carboxylic acids is 1. The van der Waals surface area contributed by atoms with E-state index >= 15 is 0 Å². The molecule has 2 aromatic rings. The zero-order valence-corrected chi connectivity index (χ0v) is 13.6. The van der Waals surface area contributed by atoms with Crippen molar-refractivity contribution in [3.8, 4) is 0 Å². The molecule has 0 radical (unpaired) electrons. The molecule has 3 rings (SSSR count). The molecule has 0 bridgehead atoms. The number of rotatable bonds is 1. The zero-order valence-electron chi connectivity index (χ0n) is 12.0. The number of β-amino-alcohol motifs (C(OH)–C–C–N with tert-alkyl or cyclic N) is 1. The summed E-state index contributed by atoms with van der Waals surface area (Å²) in [4.78, 5) is 14.4. The van der Waals surface area contributed by atoms with Crippen molar-refractivity contribution in [3.63, 3.8) is 0 Å². The van der Waals surface area contributed by atoms with Crippen LogP contribution in [-0.2, 0) is 0 Å². The molecule has 1 unspecified atom stereocenters. The van der Waals surface area contributed by atoms with Gasteiger partial charge in [0.25, 0.3) is 5.91 Å². The lowest BCUT2D eigenvalue weighted by Crippen LogP contribution is -2.48. The molecular formula is C17H18BrNO2. The van der Waals surface area contributed by atoms with E-state index in [2.05, 4.69) is 15.9 Å². The van der Waals surface area contributed by atoms with Crippen molar-refractivity contribution in [2.75, 3.05) is 13.1 Å². The molecule has 1 N–H and O–H groups in total. The Morgan fingerprint density at radius 3 is 2.71 bits per heavy atom. The minimum Gasteiger partial charge on any atom is -0.388 e. The van der Waals surface area contributed by atoms with Gasteiger partial charge in [-0.25, -0.2) is 0 Å². The fourth-order valence-electron chi connectivity index (χ4n) is 2.93. The second kappa shape index (κ2) is 5.43. The lowest BCUT2D eigenvalue weighted by Gasteiger charge is -2.36. The van der Waals surface area contributed by atoms with Gasteiger partial charge in [-0.3, -0.25) is 4.79 Å². The van der Waals surface area contributed by atoms with Gasteiger partial charge in [0.05, 0.1) is 5.60 Å². The first-order valence-corrected chi connectivity index (χ1v) is 7.95. The zero-order chi connectivity index (χ0) is 15.0. The van der Waals surface area contributed by atoms with Gasteiger partial charge in [0.1, 0.15) is 0 Å². The van der Waals surface area contributed by atoms with Gasteiger partial charge in [-0.15, -0.1) is 0 Å². The molecule has 1 atom stereocenters. The Morgan fingerprint density at radius 2 is 1.95 bits per heavy atom. The smallest absolute Gasteiger partial charge is 0.253 e. The molecule has 110 valence electrons. The molecule has 1 amide bonds. The second-order valence-electron chi connectivity index (χ2n) is 6.03. The molecule has 0 aromatic heterocycles. The molecule has 1 fully saturated rings. The topological polar surface area (TPSA) is 40.5 Å². The number of piperidine rings is 1. The molecule has 2 aromatic carbocycles. The number of carbonyl (C=O) groups is 1. The molecule has 1 aliphatic rings. The highest BCUT2D eigenvalue weighted by Gasteiger charge is 2.31. The molecule has 21 heavy (non-hydrogen) atoms. The van der Waals surface area contributed by atoms with Crippen LogP contribution in [0.25, 0.3) is 10.8 Å². The lowest BCUT2D eigenvalue weighted by atomic mass is 9.94. The summed E-state index contributed by atoms with van der Waals surface area (Å²) in [6.07, 6.45) is 1.60. The number of aliphatic hydroxyl groups is 1. The minimum absolute atomic E-state index is 0.000191. The molecule has 3 nitrogen and oxygen atoms in total. The summed E-state index contributed by atoms with van der Waals surface area (Å²) in [5.74, 6) is -0.000191. The number of halogens is 1. The van der Waals surface area contributed by atoms with Crippen LogP contribution < -0.4 is 0 Å². The number of likely N-dealkylation sites (tertiary alicyclic amines) is 1. The molecule has 0 aliphatic carbocycles. The molecule has 1 aliphatic heterocycles.